The molecule has 5 rings (SSSR count). The van der Waals surface area contributed by atoms with Gasteiger partial charge in [-0.05, 0) is 68.4 Å². The van der Waals surface area contributed by atoms with Crippen LogP contribution in [0.4, 0.5) is 4.39 Å². The van der Waals surface area contributed by atoms with Crippen LogP contribution in [0.15, 0.2) is 48.7 Å². The number of allylic oxidation sites excluding steroid dienone is 1. The third kappa shape index (κ3) is 5.06. The molecular formula is C27H32FNO2. The third-order valence-electron chi connectivity index (χ3n) is 7.20. The topological polar surface area (TPSA) is 39.2 Å². The van der Waals surface area contributed by atoms with Gasteiger partial charge in [0.1, 0.15) is 11.9 Å². The van der Waals surface area contributed by atoms with Crippen molar-refractivity contribution in [3.63, 3.8) is 0 Å². The second-order valence-electron chi connectivity index (χ2n) is 9.17. The molecular weight excluding hydrogens is 389 g/mol. The molecule has 31 heavy (non-hydrogen) atoms. The predicted octanol–water partition coefficient (Wildman–Crippen LogP) is 6.69. The number of benzene rings is 1. The molecule has 164 valence electrons. The van der Waals surface area contributed by atoms with Crippen LogP contribution in [0.3, 0.4) is 0 Å². The lowest BCUT2D eigenvalue weighted by atomic mass is 9.63. The minimum absolute atomic E-state index is 0.0940. The zero-order chi connectivity index (χ0) is 21.8. The van der Waals surface area contributed by atoms with Gasteiger partial charge in [0.2, 0.25) is 0 Å². The second kappa shape index (κ2) is 9.76. The first kappa shape index (κ1) is 21.7. The summed E-state index contributed by atoms with van der Waals surface area (Å²) in [5, 5.41) is 0. The van der Waals surface area contributed by atoms with Crippen molar-refractivity contribution in [2.45, 2.75) is 58.5 Å². The van der Waals surface area contributed by atoms with Crippen LogP contribution in [0.5, 0.6) is 0 Å². The lowest BCUT2D eigenvalue weighted by molar-refractivity contribution is -0.144. The lowest BCUT2D eigenvalue weighted by Gasteiger charge is -2.40. The maximum absolute atomic E-state index is 13.0. The van der Waals surface area contributed by atoms with Crippen LogP contribution < -0.4 is 0 Å². The van der Waals surface area contributed by atoms with Crippen molar-refractivity contribution < 1.29 is 13.9 Å². The van der Waals surface area contributed by atoms with E-state index < -0.39 is 0 Å². The van der Waals surface area contributed by atoms with Crippen LogP contribution in [0.2, 0.25) is 0 Å². The molecule has 1 aliphatic heterocycles. The number of halogens is 1. The second-order valence-corrected chi connectivity index (χ2v) is 9.17. The number of hydrogen-bond acceptors (Lipinski definition) is 3. The van der Waals surface area contributed by atoms with Gasteiger partial charge < -0.3 is 4.74 Å². The van der Waals surface area contributed by atoms with Crippen molar-refractivity contribution in [3.05, 3.63) is 60.2 Å². The van der Waals surface area contributed by atoms with Crippen molar-refractivity contribution >= 4 is 12.0 Å². The third-order valence-corrected chi connectivity index (χ3v) is 7.20. The fourth-order valence-electron chi connectivity index (χ4n) is 5.58. The monoisotopic (exact) mass is 421 g/mol. The molecule has 2 aliphatic carbocycles. The summed E-state index contributed by atoms with van der Waals surface area (Å²) >= 11 is 0. The Labute approximate surface area is 184 Å². The number of fused-ring (bicyclic) bond motifs is 2. The normalized spacial score (nSPS) is 29.5. The average molecular weight is 422 g/mol. The van der Waals surface area contributed by atoms with E-state index in [9.17, 15) is 9.18 Å². The standard InChI is InChI=1S/C14H12FN.C13H20O2/c1-2-4-14-8-7-12(10-16-14)11-5-3-6-13(15)9-11;1-8-11-6-9-4-2-3-5-10(9)7-12(11)13(14)15-8/h2-10H,1H3;8-12H,2-7H2,1H3/b4-2+;. The molecule has 0 radical (unpaired) electrons. The van der Waals surface area contributed by atoms with Gasteiger partial charge in [0, 0.05) is 17.7 Å². The van der Waals surface area contributed by atoms with Gasteiger partial charge in [-0.1, -0.05) is 50.0 Å². The number of nitrogens with zero attached hydrogens (tertiary/aromatic N) is 1. The Morgan fingerprint density at radius 3 is 2.52 bits per heavy atom. The molecule has 1 aromatic carbocycles. The van der Waals surface area contributed by atoms with Crippen molar-refractivity contribution in [2.24, 2.45) is 23.7 Å². The highest BCUT2D eigenvalue weighted by atomic mass is 19.1. The van der Waals surface area contributed by atoms with Gasteiger partial charge in [0.05, 0.1) is 11.6 Å². The molecule has 3 aliphatic rings. The van der Waals surface area contributed by atoms with Crippen LogP contribution >= 0.6 is 0 Å². The van der Waals surface area contributed by atoms with Crippen LogP contribution in [0.1, 0.15) is 58.1 Å². The molecule has 2 heterocycles. The van der Waals surface area contributed by atoms with Crippen LogP contribution in [0, 0.1) is 29.5 Å². The number of pyridine rings is 1. The minimum atomic E-state index is -0.227. The van der Waals surface area contributed by atoms with E-state index in [1.807, 2.05) is 37.3 Å². The number of carbonyl (C=O) groups excluding carboxylic acids is 1. The van der Waals surface area contributed by atoms with Crippen molar-refractivity contribution in [3.8, 4) is 11.1 Å². The van der Waals surface area contributed by atoms with Crippen molar-refractivity contribution in [2.75, 3.05) is 0 Å². The van der Waals surface area contributed by atoms with Gasteiger partial charge >= 0.3 is 5.97 Å². The van der Waals surface area contributed by atoms with E-state index in [0.29, 0.717) is 5.92 Å². The zero-order valence-electron chi connectivity index (χ0n) is 18.5. The highest BCUT2D eigenvalue weighted by molar-refractivity contribution is 5.75. The molecule has 4 heteroatoms. The fourth-order valence-corrected chi connectivity index (χ4v) is 5.58. The molecule has 3 nitrogen and oxygen atoms in total. The van der Waals surface area contributed by atoms with Crippen LogP contribution in [0.25, 0.3) is 17.2 Å². The summed E-state index contributed by atoms with van der Waals surface area (Å²) in [7, 11) is 0. The summed E-state index contributed by atoms with van der Waals surface area (Å²) in [6.45, 7) is 4.02. The van der Waals surface area contributed by atoms with E-state index in [0.717, 1.165) is 35.1 Å². The molecule has 1 aromatic heterocycles. The van der Waals surface area contributed by atoms with E-state index >= 15 is 0 Å². The van der Waals surface area contributed by atoms with Gasteiger partial charge in [-0.2, -0.15) is 0 Å². The molecule has 3 fully saturated rings. The number of esters is 1. The molecule has 2 aromatic rings. The Hall–Kier alpha value is -2.49. The molecule has 1 saturated heterocycles. The smallest absolute Gasteiger partial charge is 0.309 e. The molecule has 0 N–H and O–H groups in total. The minimum Gasteiger partial charge on any atom is -0.462 e. The number of cyclic esters (lactones) is 1. The summed E-state index contributed by atoms with van der Waals surface area (Å²) < 4.78 is 18.4. The summed E-state index contributed by atoms with van der Waals surface area (Å²) in [4.78, 5) is 15.9. The van der Waals surface area contributed by atoms with Crippen LogP contribution in [-0.4, -0.2) is 17.1 Å². The SMILES string of the molecule is C/C=C/c1ccc(-c2cccc(F)c2)cn1.CC1OC(=O)C2CC3CCCCC3CC12. The van der Waals surface area contributed by atoms with E-state index in [1.165, 1.54) is 44.2 Å². The summed E-state index contributed by atoms with van der Waals surface area (Å²) in [5.74, 6) is 2.39. The molecule has 0 spiro atoms. The molecule has 0 amide bonds. The number of carbonyl (C=O) groups is 1. The summed E-state index contributed by atoms with van der Waals surface area (Å²) in [6.07, 6.45) is 13.7. The summed E-state index contributed by atoms with van der Waals surface area (Å²) in [6, 6.07) is 10.4. The van der Waals surface area contributed by atoms with E-state index in [4.69, 9.17) is 4.74 Å². The quantitative estimate of drug-likeness (QED) is 0.507. The Morgan fingerprint density at radius 1 is 1.06 bits per heavy atom. The highest BCUT2D eigenvalue weighted by Crippen LogP contribution is 2.49. The van der Waals surface area contributed by atoms with Crippen molar-refractivity contribution in [1.82, 2.24) is 4.98 Å². The maximum atomic E-state index is 13.0. The first-order valence-corrected chi connectivity index (χ1v) is 11.6. The summed E-state index contributed by atoms with van der Waals surface area (Å²) in [5.41, 5.74) is 2.68. The van der Waals surface area contributed by atoms with Crippen molar-refractivity contribution in [1.29, 1.82) is 0 Å². The van der Waals surface area contributed by atoms with Gasteiger partial charge in [0.15, 0.2) is 0 Å². The van der Waals surface area contributed by atoms with Gasteiger partial charge in [-0.25, -0.2) is 4.39 Å². The Balaban J connectivity index is 0.000000149. The van der Waals surface area contributed by atoms with Crippen LogP contribution in [-0.2, 0) is 9.53 Å². The zero-order valence-corrected chi connectivity index (χ0v) is 18.5. The number of ether oxygens (including phenoxy) is 1. The largest absolute Gasteiger partial charge is 0.462 e. The lowest BCUT2D eigenvalue weighted by Crippen LogP contribution is -2.35. The molecule has 2 saturated carbocycles. The first-order valence-electron chi connectivity index (χ1n) is 11.6. The molecule has 0 bridgehead atoms. The van der Waals surface area contributed by atoms with Gasteiger partial charge in [-0.3, -0.25) is 9.78 Å². The fraction of sp³-hybridized carbons (Fsp3) is 0.481. The highest BCUT2D eigenvalue weighted by Gasteiger charge is 2.49. The predicted molar refractivity (Wildman–Crippen MR) is 122 cm³/mol. The van der Waals surface area contributed by atoms with E-state index in [-0.39, 0.29) is 23.8 Å². The number of hydrogen-bond donors (Lipinski definition) is 0. The Morgan fingerprint density at radius 2 is 1.84 bits per heavy atom. The first-order chi connectivity index (χ1) is 15.0. The van der Waals surface area contributed by atoms with E-state index in [1.54, 1.807) is 12.3 Å². The van der Waals surface area contributed by atoms with Gasteiger partial charge in [-0.15, -0.1) is 0 Å². The van der Waals surface area contributed by atoms with Gasteiger partial charge in [0.25, 0.3) is 0 Å². The molecule has 5 atom stereocenters. The maximum Gasteiger partial charge on any atom is 0.309 e. The molecule has 5 unspecified atom stereocenters. The Bertz CT molecular complexity index is 923. The number of aromatic nitrogens is 1. The average Bonchev–Trinajstić information content (AvgIpc) is 3.06. The number of rotatable bonds is 2. The Kier molecular flexibility index (Phi) is 6.84. The van der Waals surface area contributed by atoms with E-state index in [2.05, 4.69) is 11.9 Å².